The maximum absolute atomic E-state index is 12.1. The van der Waals surface area contributed by atoms with Crippen molar-refractivity contribution in [1.29, 1.82) is 0 Å². The molecule has 0 unspecified atom stereocenters. The molecule has 0 atom stereocenters. The minimum Gasteiger partial charge on any atom is -0.497 e. The van der Waals surface area contributed by atoms with E-state index < -0.39 is 27.1 Å². The zero-order valence-corrected chi connectivity index (χ0v) is 13.7. The lowest BCUT2D eigenvalue weighted by molar-refractivity contribution is -0.394. The largest absolute Gasteiger partial charge is 0.497 e. The molecule has 0 saturated heterocycles. The molecule has 0 fully saturated rings. The van der Waals surface area contributed by atoms with E-state index in [1.165, 1.54) is 0 Å². The first kappa shape index (κ1) is 21.4. The number of nitrogens with zero attached hydrogens (tertiary/aromatic N) is 2. The summed E-state index contributed by atoms with van der Waals surface area (Å²) >= 11 is 0. The highest BCUT2D eigenvalue weighted by molar-refractivity contribution is 5.95. The van der Waals surface area contributed by atoms with Crippen molar-refractivity contribution >= 4 is 17.3 Å². The highest BCUT2D eigenvalue weighted by Crippen LogP contribution is 2.22. The van der Waals surface area contributed by atoms with Gasteiger partial charge in [0.2, 0.25) is 0 Å². The summed E-state index contributed by atoms with van der Waals surface area (Å²) in [6.07, 6.45) is 0. The zero-order valence-electron chi connectivity index (χ0n) is 13.7. The van der Waals surface area contributed by atoms with Gasteiger partial charge in [-0.1, -0.05) is 7.43 Å². The van der Waals surface area contributed by atoms with Crippen LogP contribution in [-0.4, -0.2) is 36.0 Å². The van der Waals surface area contributed by atoms with E-state index in [0.29, 0.717) is 11.5 Å². The Balaban J connectivity index is 0.00000364. The van der Waals surface area contributed by atoms with Crippen molar-refractivity contribution in [1.82, 2.24) is 5.32 Å². The van der Waals surface area contributed by atoms with Crippen molar-refractivity contribution in [3.8, 4) is 11.5 Å². The number of non-ortho nitro benzene ring substituents is 2. The van der Waals surface area contributed by atoms with Crippen molar-refractivity contribution in [2.45, 2.75) is 7.43 Å². The lowest BCUT2D eigenvalue weighted by Gasteiger charge is -2.08. The number of nitro groups is 2. The molecule has 0 spiro atoms. The van der Waals surface area contributed by atoms with E-state index in [1.807, 2.05) is 0 Å². The molecule has 2 aromatic carbocycles. The number of hydrogen-bond acceptors (Lipinski definition) is 7. The molecule has 27 heavy (non-hydrogen) atoms. The lowest BCUT2D eigenvalue weighted by Crippen LogP contribution is -2.28. The fraction of sp³-hybridized carbons (Fsp3) is 0.235. The molecule has 10 heteroatoms. The van der Waals surface area contributed by atoms with Gasteiger partial charge in [-0.25, -0.2) is 0 Å². The van der Waals surface area contributed by atoms with E-state index in [4.69, 9.17) is 9.47 Å². The Bertz CT molecular complexity index is 790. The third-order valence-electron chi connectivity index (χ3n) is 3.30. The zero-order chi connectivity index (χ0) is 19.1. The van der Waals surface area contributed by atoms with Crippen molar-refractivity contribution in [2.24, 2.45) is 0 Å². The first-order chi connectivity index (χ1) is 12.4. The van der Waals surface area contributed by atoms with Gasteiger partial charge in [-0.15, -0.1) is 0 Å². The van der Waals surface area contributed by atoms with Gasteiger partial charge in [0.05, 0.1) is 35.1 Å². The summed E-state index contributed by atoms with van der Waals surface area (Å²) in [5.41, 5.74) is -1.23. The first-order valence-electron chi connectivity index (χ1n) is 7.39. The number of nitro benzene ring substituents is 2. The number of hydrogen-bond donors (Lipinski definition) is 1. The van der Waals surface area contributed by atoms with Crippen LogP contribution in [0.3, 0.4) is 0 Å². The number of amides is 1. The minimum absolute atomic E-state index is 0. The molecule has 0 aliphatic carbocycles. The van der Waals surface area contributed by atoms with E-state index in [1.54, 1.807) is 31.4 Å². The molecular weight excluding hydrogens is 358 g/mol. The predicted molar refractivity (Wildman–Crippen MR) is 97.3 cm³/mol. The highest BCUT2D eigenvalue weighted by Gasteiger charge is 2.19. The second-order valence-corrected chi connectivity index (χ2v) is 5.03. The third kappa shape index (κ3) is 5.96. The summed E-state index contributed by atoms with van der Waals surface area (Å²) in [6, 6.07) is 9.59. The molecule has 0 saturated carbocycles. The predicted octanol–water partition coefficient (Wildman–Crippen LogP) is 2.96. The van der Waals surface area contributed by atoms with Gasteiger partial charge in [-0.2, -0.15) is 0 Å². The molecule has 1 amide bonds. The van der Waals surface area contributed by atoms with E-state index in [2.05, 4.69) is 5.32 Å². The van der Waals surface area contributed by atoms with E-state index in [9.17, 15) is 25.0 Å². The second-order valence-electron chi connectivity index (χ2n) is 5.03. The molecule has 1 N–H and O–H groups in total. The van der Waals surface area contributed by atoms with E-state index >= 15 is 0 Å². The van der Waals surface area contributed by atoms with Gasteiger partial charge in [-0.05, 0) is 24.3 Å². The molecule has 0 radical (unpaired) electrons. The lowest BCUT2D eigenvalue weighted by atomic mass is 10.1. The summed E-state index contributed by atoms with van der Waals surface area (Å²) < 4.78 is 10.4. The van der Waals surface area contributed by atoms with Crippen LogP contribution in [-0.2, 0) is 0 Å². The summed E-state index contributed by atoms with van der Waals surface area (Å²) in [5.74, 6) is 0.582. The Hall–Kier alpha value is -3.69. The average molecular weight is 377 g/mol. The number of carbonyl (C=O) groups excluding carboxylic acids is 1. The van der Waals surface area contributed by atoms with Crippen LogP contribution in [0.25, 0.3) is 0 Å². The van der Waals surface area contributed by atoms with Crippen LogP contribution in [0.2, 0.25) is 0 Å². The molecule has 0 aromatic heterocycles. The minimum atomic E-state index is -0.795. The Labute approximate surface area is 155 Å². The monoisotopic (exact) mass is 377 g/mol. The fourth-order valence-corrected chi connectivity index (χ4v) is 2.04. The quantitative estimate of drug-likeness (QED) is 0.424. The Kier molecular flexibility index (Phi) is 7.68. The fourth-order valence-electron chi connectivity index (χ4n) is 2.04. The maximum Gasteiger partial charge on any atom is 0.277 e. The van der Waals surface area contributed by atoms with Crippen LogP contribution in [0.1, 0.15) is 17.8 Å². The first-order valence-corrected chi connectivity index (χ1v) is 7.39. The SMILES string of the molecule is C.COc1ccc(OCCNC(=O)c2cc([N+](=O)[O-])cc([N+](=O)[O-])c2)cc1. The third-order valence-corrected chi connectivity index (χ3v) is 3.30. The van der Waals surface area contributed by atoms with Gasteiger partial charge in [0.1, 0.15) is 18.1 Å². The van der Waals surface area contributed by atoms with Gasteiger partial charge >= 0.3 is 0 Å². The van der Waals surface area contributed by atoms with Crippen LogP contribution in [0.5, 0.6) is 11.5 Å². The van der Waals surface area contributed by atoms with Crippen molar-refractivity contribution in [2.75, 3.05) is 20.3 Å². The van der Waals surface area contributed by atoms with Gasteiger partial charge in [0, 0.05) is 12.1 Å². The van der Waals surface area contributed by atoms with Crippen molar-refractivity contribution in [3.05, 3.63) is 68.3 Å². The molecular formula is C17H19N3O7. The molecule has 0 aliphatic heterocycles. The topological polar surface area (TPSA) is 134 Å². The Morgan fingerprint density at radius 1 is 1.00 bits per heavy atom. The van der Waals surface area contributed by atoms with Crippen LogP contribution < -0.4 is 14.8 Å². The van der Waals surface area contributed by atoms with Crippen LogP contribution in [0.4, 0.5) is 11.4 Å². The normalized spacial score (nSPS) is 9.67. The summed E-state index contributed by atoms with van der Waals surface area (Å²) in [7, 11) is 1.55. The molecule has 10 nitrogen and oxygen atoms in total. The summed E-state index contributed by atoms with van der Waals surface area (Å²) in [4.78, 5) is 32.1. The standard InChI is InChI=1S/C16H15N3O7.CH4/c1-25-14-2-4-15(5-3-14)26-7-6-17-16(20)11-8-12(18(21)22)10-13(9-11)19(23)24;/h2-5,8-10H,6-7H2,1H3,(H,17,20);1H4. The van der Waals surface area contributed by atoms with Crippen LogP contribution >= 0.6 is 0 Å². The van der Waals surface area contributed by atoms with Crippen LogP contribution in [0, 0.1) is 20.2 Å². The highest BCUT2D eigenvalue weighted by atomic mass is 16.6. The number of methoxy groups -OCH3 is 1. The molecule has 0 bridgehead atoms. The van der Waals surface area contributed by atoms with Crippen molar-refractivity contribution in [3.63, 3.8) is 0 Å². The van der Waals surface area contributed by atoms with Crippen molar-refractivity contribution < 1.29 is 24.1 Å². The Morgan fingerprint density at radius 3 is 2.00 bits per heavy atom. The maximum atomic E-state index is 12.1. The van der Waals surface area contributed by atoms with Gasteiger partial charge < -0.3 is 14.8 Å². The summed E-state index contributed by atoms with van der Waals surface area (Å²) in [6.45, 7) is 0.260. The molecule has 0 heterocycles. The average Bonchev–Trinajstić information content (AvgIpc) is 2.65. The number of carbonyl (C=O) groups is 1. The Morgan fingerprint density at radius 2 is 1.52 bits per heavy atom. The summed E-state index contributed by atoms with van der Waals surface area (Å²) in [5, 5.41) is 24.2. The number of ether oxygens (including phenoxy) is 2. The van der Waals surface area contributed by atoms with Gasteiger partial charge in [0.25, 0.3) is 17.3 Å². The molecule has 144 valence electrons. The molecule has 2 aromatic rings. The van der Waals surface area contributed by atoms with Crippen LogP contribution in [0.15, 0.2) is 42.5 Å². The van der Waals surface area contributed by atoms with E-state index in [0.717, 1.165) is 18.2 Å². The number of benzene rings is 2. The number of nitrogens with one attached hydrogen (secondary N) is 1. The molecule has 0 aliphatic rings. The van der Waals surface area contributed by atoms with E-state index in [-0.39, 0.29) is 26.1 Å². The smallest absolute Gasteiger partial charge is 0.277 e. The van der Waals surface area contributed by atoms with Gasteiger partial charge in [0.15, 0.2) is 0 Å². The second kappa shape index (κ2) is 9.70. The molecule has 2 rings (SSSR count). The number of rotatable bonds is 8. The van der Waals surface area contributed by atoms with Gasteiger partial charge in [-0.3, -0.25) is 25.0 Å².